The average Bonchev–Trinajstić information content (AvgIpc) is 2.31. The van der Waals surface area contributed by atoms with Gasteiger partial charge in [0.15, 0.2) is 0 Å². The van der Waals surface area contributed by atoms with E-state index in [0.717, 1.165) is 11.1 Å². The van der Waals surface area contributed by atoms with Crippen molar-refractivity contribution in [1.82, 2.24) is 5.43 Å². The maximum atomic E-state index is 13.2. The van der Waals surface area contributed by atoms with Crippen molar-refractivity contribution < 1.29 is 4.39 Å². The van der Waals surface area contributed by atoms with Crippen LogP contribution in [-0.2, 0) is 0 Å². The molecule has 0 spiro atoms. The fraction of sp³-hybridized carbons (Fsp3) is 0.200. The lowest BCUT2D eigenvalue weighted by molar-refractivity contribution is 0.612. The van der Waals surface area contributed by atoms with Crippen molar-refractivity contribution in [3.05, 3.63) is 68.9 Å². The van der Waals surface area contributed by atoms with Crippen LogP contribution in [0.25, 0.3) is 0 Å². The van der Waals surface area contributed by atoms with E-state index in [0.29, 0.717) is 4.47 Å². The second-order valence-corrected chi connectivity index (χ2v) is 5.54. The number of hydrogen-bond acceptors (Lipinski definition) is 2. The van der Waals surface area contributed by atoms with Crippen molar-refractivity contribution in [1.29, 1.82) is 0 Å². The first-order valence-electron chi connectivity index (χ1n) is 6.00. The lowest BCUT2D eigenvalue weighted by Crippen LogP contribution is -2.29. The molecule has 19 heavy (non-hydrogen) atoms. The number of aryl methyl sites for hydroxylation is 2. The molecule has 0 fully saturated rings. The number of nitrogens with one attached hydrogen (secondary N) is 1. The third kappa shape index (κ3) is 3.21. The van der Waals surface area contributed by atoms with Crippen LogP contribution in [0, 0.1) is 19.7 Å². The highest BCUT2D eigenvalue weighted by atomic mass is 79.9. The van der Waals surface area contributed by atoms with Crippen LogP contribution in [0.1, 0.15) is 28.3 Å². The van der Waals surface area contributed by atoms with E-state index >= 15 is 0 Å². The van der Waals surface area contributed by atoms with Gasteiger partial charge in [-0.1, -0.05) is 51.3 Å². The summed E-state index contributed by atoms with van der Waals surface area (Å²) in [5, 5.41) is 0. The normalized spacial score (nSPS) is 12.5. The van der Waals surface area contributed by atoms with E-state index in [-0.39, 0.29) is 11.9 Å². The van der Waals surface area contributed by atoms with Gasteiger partial charge in [-0.05, 0) is 37.1 Å². The summed E-state index contributed by atoms with van der Waals surface area (Å²) in [5.41, 5.74) is 7.12. The molecule has 0 saturated heterocycles. The summed E-state index contributed by atoms with van der Waals surface area (Å²) in [6.07, 6.45) is 0. The highest BCUT2D eigenvalue weighted by molar-refractivity contribution is 9.10. The molecule has 1 unspecified atom stereocenters. The maximum Gasteiger partial charge on any atom is 0.124 e. The highest BCUT2D eigenvalue weighted by Gasteiger charge is 2.16. The number of hydrogen-bond donors (Lipinski definition) is 2. The zero-order chi connectivity index (χ0) is 14.0. The van der Waals surface area contributed by atoms with Crippen LogP contribution >= 0.6 is 15.9 Å². The van der Waals surface area contributed by atoms with Crippen molar-refractivity contribution in [2.24, 2.45) is 5.84 Å². The van der Waals surface area contributed by atoms with Crippen LogP contribution in [0.3, 0.4) is 0 Å². The highest BCUT2D eigenvalue weighted by Crippen LogP contribution is 2.29. The van der Waals surface area contributed by atoms with E-state index in [9.17, 15) is 4.39 Å². The number of hydrazine groups is 1. The van der Waals surface area contributed by atoms with Crippen LogP contribution in [0.2, 0.25) is 0 Å². The summed E-state index contributed by atoms with van der Waals surface area (Å²) in [6.45, 7) is 4.09. The van der Waals surface area contributed by atoms with E-state index in [4.69, 9.17) is 5.84 Å². The van der Waals surface area contributed by atoms with E-state index < -0.39 is 0 Å². The van der Waals surface area contributed by atoms with Gasteiger partial charge in [-0.3, -0.25) is 5.84 Å². The van der Waals surface area contributed by atoms with Crippen molar-refractivity contribution in [3.63, 3.8) is 0 Å². The molecule has 2 aromatic carbocycles. The minimum absolute atomic E-state index is 0.173. The number of halogens is 2. The molecular weight excluding hydrogens is 307 g/mol. The fourth-order valence-electron chi connectivity index (χ4n) is 2.28. The topological polar surface area (TPSA) is 38.0 Å². The fourth-order valence-corrected chi connectivity index (χ4v) is 2.86. The Morgan fingerprint density at radius 3 is 2.26 bits per heavy atom. The molecule has 0 aliphatic rings. The molecule has 2 nitrogen and oxygen atoms in total. The van der Waals surface area contributed by atoms with Crippen molar-refractivity contribution in [3.8, 4) is 0 Å². The Bertz CT molecular complexity index is 578. The first-order valence-corrected chi connectivity index (χ1v) is 6.80. The zero-order valence-corrected chi connectivity index (χ0v) is 12.5. The first kappa shape index (κ1) is 14.2. The summed E-state index contributed by atoms with van der Waals surface area (Å²) < 4.78 is 13.9. The molecule has 2 aromatic rings. The lowest BCUT2D eigenvalue weighted by Gasteiger charge is -2.19. The van der Waals surface area contributed by atoms with Crippen LogP contribution in [0.4, 0.5) is 4.39 Å². The van der Waals surface area contributed by atoms with Crippen molar-refractivity contribution in [2.75, 3.05) is 0 Å². The molecular formula is C15H16BrFN2. The Kier molecular flexibility index (Phi) is 4.34. The molecule has 0 aliphatic carbocycles. The summed E-state index contributed by atoms with van der Waals surface area (Å²) in [5.74, 6) is 5.41. The number of nitrogens with two attached hydrogens (primary N) is 1. The summed E-state index contributed by atoms with van der Waals surface area (Å²) in [7, 11) is 0. The minimum atomic E-state index is -0.271. The third-order valence-corrected chi connectivity index (χ3v) is 3.70. The van der Waals surface area contributed by atoms with Crippen LogP contribution < -0.4 is 11.3 Å². The van der Waals surface area contributed by atoms with Gasteiger partial charge in [-0.15, -0.1) is 0 Å². The molecule has 0 bridgehead atoms. The van der Waals surface area contributed by atoms with E-state index in [2.05, 4.69) is 39.6 Å². The van der Waals surface area contributed by atoms with Gasteiger partial charge in [0.05, 0.1) is 6.04 Å². The van der Waals surface area contributed by atoms with Gasteiger partial charge in [0, 0.05) is 4.47 Å². The summed E-state index contributed by atoms with van der Waals surface area (Å²) in [4.78, 5) is 0. The average molecular weight is 323 g/mol. The standard InChI is InChI=1S/C15H16BrFN2/c1-9-5-10(2)7-11(6-9)15(19-18)13-4-3-12(17)8-14(13)16/h3-8,15,19H,18H2,1-2H3. The summed E-state index contributed by atoms with van der Waals surface area (Å²) in [6, 6.07) is 10.7. The third-order valence-electron chi connectivity index (χ3n) is 3.02. The Morgan fingerprint density at radius 1 is 1.11 bits per heavy atom. The van der Waals surface area contributed by atoms with Gasteiger partial charge in [0.25, 0.3) is 0 Å². The van der Waals surface area contributed by atoms with Gasteiger partial charge in [0.2, 0.25) is 0 Å². The molecule has 0 aromatic heterocycles. The van der Waals surface area contributed by atoms with Gasteiger partial charge >= 0.3 is 0 Å². The molecule has 0 heterocycles. The Morgan fingerprint density at radius 2 is 1.74 bits per heavy atom. The number of rotatable bonds is 3. The van der Waals surface area contributed by atoms with Gasteiger partial charge in [-0.25, -0.2) is 9.82 Å². The molecule has 4 heteroatoms. The van der Waals surface area contributed by atoms with E-state index in [1.807, 2.05) is 13.8 Å². The second-order valence-electron chi connectivity index (χ2n) is 4.69. The minimum Gasteiger partial charge on any atom is -0.271 e. The molecule has 3 N–H and O–H groups in total. The monoisotopic (exact) mass is 322 g/mol. The summed E-state index contributed by atoms with van der Waals surface area (Å²) >= 11 is 3.39. The molecule has 0 radical (unpaired) electrons. The molecule has 1 atom stereocenters. The first-order chi connectivity index (χ1) is 9.01. The molecule has 0 aliphatic heterocycles. The van der Waals surface area contributed by atoms with E-state index in [1.165, 1.54) is 23.3 Å². The molecule has 2 rings (SSSR count). The Hall–Kier alpha value is -1.23. The molecule has 100 valence electrons. The van der Waals surface area contributed by atoms with Crippen molar-refractivity contribution in [2.45, 2.75) is 19.9 Å². The predicted octanol–water partition coefficient (Wildman–Crippen LogP) is 3.76. The SMILES string of the molecule is Cc1cc(C)cc(C(NN)c2ccc(F)cc2Br)c1. The van der Waals surface area contributed by atoms with Crippen LogP contribution in [0.15, 0.2) is 40.9 Å². The van der Waals surface area contributed by atoms with Gasteiger partial charge in [0.1, 0.15) is 5.82 Å². The maximum absolute atomic E-state index is 13.2. The molecule has 0 amide bonds. The Balaban J connectivity index is 2.49. The molecule has 0 saturated carbocycles. The Labute approximate surface area is 120 Å². The quantitative estimate of drug-likeness (QED) is 0.667. The zero-order valence-electron chi connectivity index (χ0n) is 10.9. The smallest absolute Gasteiger partial charge is 0.124 e. The lowest BCUT2D eigenvalue weighted by atomic mass is 9.96. The largest absolute Gasteiger partial charge is 0.271 e. The van der Waals surface area contributed by atoms with Crippen molar-refractivity contribution >= 4 is 15.9 Å². The predicted molar refractivity (Wildman–Crippen MR) is 79.2 cm³/mol. The van der Waals surface area contributed by atoms with Gasteiger partial charge in [-0.2, -0.15) is 0 Å². The number of benzene rings is 2. The van der Waals surface area contributed by atoms with E-state index in [1.54, 1.807) is 6.07 Å². The van der Waals surface area contributed by atoms with Crippen LogP contribution in [-0.4, -0.2) is 0 Å². The van der Waals surface area contributed by atoms with Crippen LogP contribution in [0.5, 0.6) is 0 Å². The second kappa shape index (κ2) is 5.82. The van der Waals surface area contributed by atoms with Gasteiger partial charge < -0.3 is 0 Å².